The van der Waals surface area contributed by atoms with Crippen molar-refractivity contribution in [2.45, 2.75) is 38.5 Å². The summed E-state index contributed by atoms with van der Waals surface area (Å²) in [7, 11) is 0. The highest BCUT2D eigenvalue weighted by Gasteiger charge is 2.30. The molecule has 2 aliphatic rings. The van der Waals surface area contributed by atoms with Gasteiger partial charge in [0, 0.05) is 76.4 Å². The van der Waals surface area contributed by atoms with Crippen molar-refractivity contribution in [3.8, 4) is 66.5 Å². The van der Waals surface area contributed by atoms with Crippen molar-refractivity contribution in [2.75, 3.05) is 52.5 Å². The Hall–Kier alpha value is -6.70. The van der Waals surface area contributed by atoms with Gasteiger partial charge in [0.1, 0.15) is 47.7 Å². The predicted octanol–water partition coefficient (Wildman–Crippen LogP) is 12.1. The van der Waals surface area contributed by atoms with Crippen molar-refractivity contribution < 1.29 is 39.5 Å². The number of hydrogen-bond donors (Lipinski definition) is 4. The molecule has 0 radical (unpaired) electrons. The molecular formula is C56H52N2O8S2. The summed E-state index contributed by atoms with van der Waals surface area (Å²) in [5.41, 5.74) is 3.73. The maximum Gasteiger partial charge on any atom is 0.195 e. The fraction of sp³-hybridized carbons (Fsp3) is 0.250. The molecule has 2 aliphatic heterocycles. The number of aromatic hydroxyl groups is 4. The first-order chi connectivity index (χ1) is 33.2. The molecule has 0 unspecified atom stereocenters. The SMILES string of the molecule is O=C(c1ccc(OCCN2CCCCC2)cc1)c1c(-c2ccc(O)cc2)sc2c(-c3c(O)ccc4c(C(=O)c5ccc(OCCN6CCCCC6)cc5)c(-c5ccc(O)cc5)sc34)c(O)ccc12. The molecule has 0 saturated carbocycles. The van der Waals surface area contributed by atoms with E-state index in [1.54, 1.807) is 84.9 Å². The first-order valence-corrected chi connectivity index (χ1v) is 25.0. The van der Waals surface area contributed by atoms with Gasteiger partial charge in [-0.1, -0.05) is 12.8 Å². The first-order valence-electron chi connectivity index (χ1n) is 23.4. The molecule has 4 heterocycles. The summed E-state index contributed by atoms with van der Waals surface area (Å²) in [6, 6.07) is 34.1. The molecule has 0 aliphatic carbocycles. The average Bonchev–Trinajstić information content (AvgIpc) is 3.95. The molecule has 2 aromatic heterocycles. The van der Waals surface area contributed by atoms with Crippen molar-refractivity contribution in [3.63, 3.8) is 0 Å². The van der Waals surface area contributed by atoms with Gasteiger partial charge in [0.15, 0.2) is 11.6 Å². The Labute approximate surface area is 402 Å². The second kappa shape index (κ2) is 19.9. The lowest BCUT2D eigenvalue weighted by Crippen LogP contribution is -2.33. The maximum atomic E-state index is 14.8. The van der Waals surface area contributed by atoms with Crippen LogP contribution >= 0.6 is 22.7 Å². The van der Waals surface area contributed by atoms with Crippen LogP contribution in [0.4, 0.5) is 0 Å². The van der Waals surface area contributed by atoms with Gasteiger partial charge in [-0.05, 0) is 184 Å². The van der Waals surface area contributed by atoms with Gasteiger partial charge in [-0.15, -0.1) is 22.7 Å². The van der Waals surface area contributed by atoms with E-state index in [4.69, 9.17) is 9.47 Å². The van der Waals surface area contributed by atoms with Gasteiger partial charge in [-0.3, -0.25) is 19.4 Å². The van der Waals surface area contributed by atoms with E-state index in [0.717, 1.165) is 39.3 Å². The van der Waals surface area contributed by atoms with Crippen LogP contribution in [0, 0.1) is 0 Å². The molecule has 10 nitrogen and oxygen atoms in total. The molecule has 2 fully saturated rings. The summed E-state index contributed by atoms with van der Waals surface area (Å²) in [5, 5.41) is 45.5. The number of nitrogens with zero attached hydrogens (tertiary/aromatic N) is 2. The zero-order chi connectivity index (χ0) is 46.7. The molecule has 6 aromatic carbocycles. The molecule has 2 saturated heterocycles. The number of likely N-dealkylation sites (tertiary alicyclic amines) is 2. The maximum absolute atomic E-state index is 14.8. The molecule has 10 rings (SSSR count). The Morgan fingerprint density at radius 1 is 0.456 bits per heavy atom. The van der Waals surface area contributed by atoms with Crippen molar-refractivity contribution in [3.05, 3.63) is 144 Å². The van der Waals surface area contributed by atoms with E-state index < -0.39 is 0 Å². The van der Waals surface area contributed by atoms with E-state index in [0.29, 0.717) is 99.1 Å². The lowest BCUT2D eigenvalue weighted by Gasteiger charge is -2.26. The zero-order valence-corrected chi connectivity index (χ0v) is 39.2. The number of hydrogen-bond acceptors (Lipinski definition) is 12. The number of benzene rings is 6. The molecule has 0 bridgehead atoms. The molecule has 12 heteroatoms. The number of carbonyl (C=O) groups excluding carboxylic acids is 2. The van der Waals surface area contributed by atoms with Gasteiger partial charge in [-0.25, -0.2) is 0 Å². The van der Waals surface area contributed by atoms with Crippen LogP contribution in [0.25, 0.3) is 52.2 Å². The number of phenolic OH excluding ortho intramolecular Hbond substituents is 4. The molecule has 8 aromatic rings. The van der Waals surface area contributed by atoms with E-state index in [9.17, 15) is 30.0 Å². The van der Waals surface area contributed by atoms with E-state index >= 15 is 0 Å². The predicted molar refractivity (Wildman–Crippen MR) is 271 cm³/mol. The third-order valence-corrected chi connectivity index (χ3v) is 15.7. The van der Waals surface area contributed by atoms with Crippen LogP contribution in [0.3, 0.4) is 0 Å². The number of piperidine rings is 2. The number of ketones is 2. The first kappa shape index (κ1) is 45.1. The summed E-state index contributed by atoms with van der Waals surface area (Å²) >= 11 is 2.61. The highest BCUT2D eigenvalue weighted by atomic mass is 32.1. The standard InChI is InChI=1S/C56H52N2O8S2/c59-39-15-7-37(8-16-39)53-47(51(63)35-11-19-41(20-12-35)65-33-31-57-27-3-1-4-28-57)43-23-25-45(61)49(55(43)67-53)50-46(62)26-24-44-48(54(68-56(44)50)38-9-17-40(60)18-10-38)52(64)36-13-21-42(22-14-36)66-34-32-58-29-5-2-6-30-58/h7-26,59-62H,1-6,27-34H2. The van der Waals surface area contributed by atoms with Gasteiger partial charge >= 0.3 is 0 Å². The number of phenols is 4. The quantitative estimate of drug-likeness (QED) is 0.0734. The van der Waals surface area contributed by atoms with Crippen molar-refractivity contribution in [1.82, 2.24) is 9.80 Å². The monoisotopic (exact) mass is 944 g/mol. The summed E-state index contributed by atoms with van der Waals surface area (Å²) in [6.07, 6.45) is 7.38. The molecule has 346 valence electrons. The van der Waals surface area contributed by atoms with E-state index in [1.807, 2.05) is 24.3 Å². The number of ether oxygens (including phenoxy) is 2. The van der Waals surface area contributed by atoms with E-state index in [2.05, 4.69) is 9.80 Å². The third kappa shape index (κ3) is 9.29. The Morgan fingerprint density at radius 3 is 1.19 bits per heavy atom. The Kier molecular flexibility index (Phi) is 13.2. The number of rotatable bonds is 15. The minimum atomic E-state index is -0.240. The largest absolute Gasteiger partial charge is 0.508 e. The topological polar surface area (TPSA) is 140 Å². The van der Waals surface area contributed by atoms with E-state index in [1.165, 1.54) is 73.3 Å². The van der Waals surface area contributed by atoms with Gasteiger partial charge in [0.2, 0.25) is 0 Å². The minimum Gasteiger partial charge on any atom is -0.508 e. The summed E-state index contributed by atoms with van der Waals surface area (Å²) in [4.78, 5) is 35.8. The van der Waals surface area contributed by atoms with Gasteiger partial charge in [0.05, 0.1) is 0 Å². The van der Waals surface area contributed by atoms with E-state index in [-0.39, 0.29) is 34.6 Å². The Bertz CT molecular complexity index is 2880. The normalized spacial score (nSPS) is 14.6. The third-order valence-electron chi connectivity index (χ3n) is 13.1. The molecule has 0 amide bonds. The van der Waals surface area contributed by atoms with Crippen LogP contribution in [-0.2, 0) is 0 Å². The summed E-state index contributed by atoms with van der Waals surface area (Å²) < 4.78 is 13.3. The molecule has 0 atom stereocenters. The fourth-order valence-corrected chi connectivity index (χ4v) is 12.2. The van der Waals surface area contributed by atoms with Crippen LogP contribution < -0.4 is 9.47 Å². The molecule has 4 N–H and O–H groups in total. The van der Waals surface area contributed by atoms with Crippen LogP contribution in [0.5, 0.6) is 34.5 Å². The van der Waals surface area contributed by atoms with Crippen LogP contribution in [0.1, 0.15) is 70.4 Å². The second-order valence-corrected chi connectivity index (χ2v) is 19.6. The Morgan fingerprint density at radius 2 is 0.824 bits per heavy atom. The molecule has 68 heavy (non-hydrogen) atoms. The van der Waals surface area contributed by atoms with Gasteiger partial charge < -0.3 is 29.9 Å². The van der Waals surface area contributed by atoms with Crippen LogP contribution in [0.2, 0.25) is 0 Å². The highest BCUT2D eigenvalue weighted by molar-refractivity contribution is 7.24. The van der Waals surface area contributed by atoms with Crippen molar-refractivity contribution >= 4 is 54.4 Å². The smallest absolute Gasteiger partial charge is 0.195 e. The second-order valence-electron chi connectivity index (χ2n) is 17.6. The number of fused-ring (bicyclic) bond motifs is 2. The molecule has 0 spiro atoms. The van der Waals surface area contributed by atoms with Gasteiger partial charge in [-0.2, -0.15) is 0 Å². The lowest BCUT2D eigenvalue weighted by molar-refractivity contribution is 0.103. The average molecular weight is 945 g/mol. The molecular weight excluding hydrogens is 893 g/mol. The van der Waals surface area contributed by atoms with Crippen LogP contribution in [0.15, 0.2) is 121 Å². The zero-order valence-electron chi connectivity index (χ0n) is 37.6. The van der Waals surface area contributed by atoms with Gasteiger partial charge in [0.25, 0.3) is 0 Å². The summed E-state index contributed by atoms with van der Waals surface area (Å²) in [6.45, 7) is 7.14. The van der Waals surface area contributed by atoms with Crippen molar-refractivity contribution in [1.29, 1.82) is 0 Å². The lowest BCUT2D eigenvalue weighted by atomic mass is 9.93. The number of carbonyl (C=O) groups is 2. The fourth-order valence-electron chi connectivity index (χ4n) is 9.51. The van der Waals surface area contributed by atoms with Crippen molar-refractivity contribution in [2.24, 2.45) is 0 Å². The van der Waals surface area contributed by atoms with Crippen LogP contribution in [-0.4, -0.2) is 94.3 Å². The number of thiophene rings is 2. The highest BCUT2D eigenvalue weighted by Crippen LogP contribution is 2.54. The minimum absolute atomic E-state index is 0.0773. The summed E-state index contributed by atoms with van der Waals surface area (Å²) in [5.74, 6) is 0.786. The Balaban J connectivity index is 1.05.